The maximum atomic E-state index is 12.7. The van der Waals surface area contributed by atoms with Crippen LogP contribution >= 0.6 is 0 Å². The lowest BCUT2D eigenvalue weighted by molar-refractivity contribution is -0.384. The van der Waals surface area contributed by atoms with E-state index in [4.69, 9.17) is 0 Å². The number of hydrogen-bond acceptors (Lipinski definition) is 3. The Morgan fingerprint density at radius 2 is 1.93 bits per heavy atom. The Bertz CT molecular complexity index is 852. The quantitative estimate of drug-likeness (QED) is 0.398. The fourth-order valence-electron chi connectivity index (χ4n) is 2.98. The van der Waals surface area contributed by atoms with Gasteiger partial charge in [-0.05, 0) is 41.5 Å². The number of nitro groups is 1. The van der Waals surface area contributed by atoms with Gasteiger partial charge in [-0.3, -0.25) is 14.9 Å². The van der Waals surface area contributed by atoms with Gasteiger partial charge in [0.25, 0.3) is 5.69 Å². The first kappa shape index (κ1) is 18.8. The summed E-state index contributed by atoms with van der Waals surface area (Å²) in [5.74, 6) is 0.426. The molecule has 0 heterocycles. The highest BCUT2D eigenvalue weighted by molar-refractivity contribution is 5.92. The molecule has 27 heavy (non-hydrogen) atoms. The number of non-ortho nitro benzene ring substituents is 1. The minimum absolute atomic E-state index is 0.0221. The molecule has 0 atom stereocenters. The maximum absolute atomic E-state index is 12.7. The molecule has 0 aromatic heterocycles. The van der Waals surface area contributed by atoms with Crippen LogP contribution in [0, 0.1) is 10.1 Å². The second-order valence-corrected chi connectivity index (χ2v) is 7.28. The highest BCUT2D eigenvalue weighted by Gasteiger charge is 2.31. The molecule has 1 aliphatic rings. The van der Waals surface area contributed by atoms with Gasteiger partial charge in [-0.15, -0.1) is 0 Å². The van der Waals surface area contributed by atoms with Crippen molar-refractivity contribution in [1.82, 2.24) is 4.90 Å². The second-order valence-electron chi connectivity index (χ2n) is 7.28. The third-order valence-corrected chi connectivity index (χ3v) is 4.77. The van der Waals surface area contributed by atoms with Crippen LogP contribution in [0.25, 0.3) is 6.08 Å². The van der Waals surface area contributed by atoms with Crippen LogP contribution in [-0.2, 0) is 11.3 Å². The molecule has 5 nitrogen and oxygen atoms in total. The summed E-state index contributed by atoms with van der Waals surface area (Å²) in [6.07, 6.45) is 5.22. The van der Waals surface area contributed by atoms with Crippen LogP contribution in [0.1, 0.15) is 49.3 Å². The van der Waals surface area contributed by atoms with Gasteiger partial charge in [0.2, 0.25) is 5.91 Å². The molecule has 5 heteroatoms. The monoisotopic (exact) mass is 364 g/mol. The number of benzene rings is 2. The Balaban J connectivity index is 1.70. The molecule has 1 aliphatic carbocycles. The number of carbonyl (C=O) groups is 1. The molecule has 0 aliphatic heterocycles. The minimum atomic E-state index is -0.434. The Morgan fingerprint density at radius 1 is 1.22 bits per heavy atom. The van der Waals surface area contributed by atoms with Gasteiger partial charge in [-0.1, -0.05) is 50.2 Å². The second kappa shape index (κ2) is 8.16. The summed E-state index contributed by atoms with van der Waals surface area (Å²) in [5.41, 5.74) is 3.07. The Hall–Kier alpha value is -2.95. The van der Waals surface area contributed by atoms with E-state index < -0.39 is 4.92 Å². The molecule has 0 radical (unpaired) electrons. The van der Waals surface area contributed by atoms with E-state index in [1.54, 1.807) is 18.2 Å². The van der Waals surface area contributed by atoms with E-state index in [1.165, 1.54) is 23.8 Å². The first-order valence-corrected chi connectivity index (χ1v) is 9.26. The Labute approximate surface area is 159 Å². The zero-order valence-corrected chi connectivity index (χ0v) is 15.7. The van der Waals surface area contributed by atoms with Gasteiger partial charge in [0, 0.05) is 30.8 Å². The summed E-state index contributed by atoms with van der Waals surface area (Å²) < 4.78 is 0. The van der Waals surface area contributed by atoms with Crippen LogP contribution in [0.15, 0.2) is 54.6 Å². The first-order chi connectivity index (χ1) is 12.9. The summed E-state index contributed by atoms with van der Waals surface area (Å²) in [5, 5.41) is 10.9. The number of amides is 1. The van der Waals surface area contributed by atoms with E-state index in [9.17, 15) is 14.9 Å². The largest absolute Gasteiger partial charge is 0.332 e. The van der Waals surface area contributed by atoms with Crippen LogP contribution in [0.2, 0.25) is 0 Å². The third kappa shape index (κ3) is 5.03. The van der Waals surface area contributed by atoms with Gasteiger partial charge in [0.05, 0.1) is 4.92 Å². The summed E-state index contributed by atoms with van der Waals surface area (Å²) in [6.45, 7) is 4.91. The summed E-state index contributed by atoms with van der Waals surface area (Å²) in [7, 11) is 0. The summed E-state index contributed by atoms with van der Waals surface area (Å²) in [4.78, 5) is 25.0. The van der Waals surface area contributed by atoms with Crippen LogP contribution < -0.4 is 0 Å². The van der Waals surface area contributed by atoms with Gasteiger partial charge in [-0.25, -0.2) is 0 Å². The standard InChI is InChI=1S/C22H24N2O3/c1-16(2)19-9-6-18(7-10-19)15-23(20-11-12-20)22(25)13-8-17-4-3-5-21(14-17)24(26)27/h3-10,13-14,16,20H,11-12,15H2,1-2H3/b13-8+. The molecule has 3 rings (SSSR count). The van der Waals surface area contributed by atoms with E-state index >= 15 is 0 Å². The molecule has 2 aromatic rings. The Kier molecular flexibility index (Phi) is 5.69. The predicted molar refractivity (Wildman–Crippen MR) is 106 cm³/mol. The highest BCUT2D eigenvalue weighted by atomic mass is 16.6. The molecule has 1 amide bonds. The summed E-state index contributed by atoms with van der Waals surface area (Å²) in [6, 6.07) is 15.0. The van der Waals surface area contributed by atoms with E-state index in [2.05, 4.69) is 38.1 Å². The van der Waals surface area contributed by atoms with Gasteiger partial charge in [0.1, 0.15) is 0 Å². The van der Waals surface area contributed by atoms with E-state index in [0.29, 0.717) is 18.0 Å². The first-order valence-electron chi connectivity index (χ1n) is 9.26. The third-order valence-electron chi connectivity index (χ3n) is 4.77. The van der Waals surface area contributed by atoms with Crippen molar-refractivity contribution in [3.05, 3.63) is 81.4 Å². The van der Waals surface area contributed by atoms with Crippen molar-refractivity contribution in [2.24, 2.45) is 0 Å². The van der Waals surface area contributed by atoms with Crippen molar-refractivity contribution in [1.29, 1.82) is 0 Å². The topological polar surface area (TPSA) is 63.5 Å². The molecule has 0 N–H and O–H groups in total. The number of nitro benzene ring substituents is 1. The normalized spacial score (nSPS) is 13.9. The molecular formula is C22H24N2O3. The van der Waals surface area contributed by atoms with Crippen LogP contribution in [-0.4, -0.2) is 21.8 Å². The smallest absolute Gasteiger partial charge is 0.270 e. The van der Waals surface area contributed by atoms with E-state index in [-0.39, 0.29) is 17.6 Å². The van der Waals surface area contributed by atoms with Crippen LogP contribution in [0.4, 0.5) is 5.69 Å². The highest BCUT2D eigenvalue weighted by Crippen LogP contribution is 2.29. The lowest BCUT2D eigenvalue weighted by Crippen LogP contribution is -2.31. The molecule has 2 aromatic carbocycles. The fourth-order valence-corrected chi connectivity index (χ4v) is 2.98. The number of hydrogen-bond donors (Lipinski definition) is 0. The minimum Gasteiger partial charge on any atom is -0.332 e. The number of nitrogens with zero attached hydrogens (tertiary/aromatic N) is 2. The summed E-state index contributed by atoms with van der Waals surface area (Å²) >= 11 is 0. The van der Waals surface area contributed by atoms with Crippen LogP contribution in [0.3, 0.4) is 0 Å². The lowest BCUT2D eigenvalue weighted by atomic mass is 10.0. The van der Waals surface area contributed by atoms with Gasteiger partial charge >= 0.3 is 0 Å². The van der Waals surface area contributed by atoms with Crippen molar-refractivity contribution in [2.75, 3.05) is 0 Å². The Morgan fingerprint density at radius 3 is 2.52 bits per heavy atom. The van der Waals surface area contributed by atoms with E-state index in [0.717, 1.165) is 18.4 Å². The number of rotatable bonds is 7. The van der Waals surface area contributed by atoms with Crippen molar-refractivity contribution < 1.29 is 9.72 Å². The van der Waals surface area contributed by atoms with Gasteiger partial charge in [0.15, 0.2) is 0 Å². The molecule has 1 saturated carbocycles. The molecule has 0 saturated heterocycles. The van der Waals surface area contributed by atoms with Gasteiger partial charge < -0.3 is 4.90 Å². The molecule has 1 fully saturated rings. The van der Waals surface area contributed by atoms with Gasteiger partial charge in [-0.2, -0.15) is 0 Å². The molecule has 140 valence electrons. The van der Waals surface area contributed by atoms with E-state index in [1.807, 2.05) is 4.90 Å². The van der Waals surface area contributed by atoms with Crippen LogP contribution in [0.5, 0.6) is 0 Å². The molecule has 0 spiro atoms. The van der Waals surface area contributed by atoms with Crippen molar-refractivity contribution in [3.63, 3.8) is 0 Å². The average molecular weight is 364 g/mol. The molecular weight excluding hydrogens is 340 g/mol. The zero-order valence-electron chi connectivity index (χ0n) is 15.7. The molecule has 0 unspecified atom stereocenters. The molecule has 0 bridgehead atoms. The zero-order chi connectivity index (χ0) is 19.4. The van der Waals surface area contributed by atoms with Crippen molar-refractivity contribution in [2.45, 2.75) is 45.2 Å². The predicted octanol–water partition coefficient (Wildman–Crippen LogP) is 4.92. The fraction of sp³-hybridized carbons (Fsp3) is 0.318. The maximum Gasteiger partial charge on any atom is 0.270 e. The average Bonchev–Trinajstić information content (AvgIpc) is 3.49. The van der Waals surface area contributed by atoms with Crippen molar-refractivity contribution in [3.8, 4) is 0 Å². The lowest BCUT2D eigenvalue weighted by Gasteiger charge is -2.21. The van der Waals surface area contributed by atoms with Crippen molar-refractivity contribution >= 4 is 17.7 Å². The number of carbonyl (C=O) groups excluding carboxylic acids is 1. The SMILES string of the molecule is CC(C)c1ccc(CN(C(=O)/C=C/c2cccc([N+](=O)[O-])c2)C2CC2)cc1.